The van der Waals surface area contributed by atoms with Crippen LogP contribution in [0.5, 0.6) is 0 Å². The molecule has 1 heterocycles. The van der Waals surface area contributed by atoms with Crippen LogP contribution in [0.15, 0.2) is 30.5 Å². The van der Waals surface area contributed by atoms with E-state index in [1.165, 1.54) is 7.11 Å². The van der Waals surface area contributed by atoms with E-state index in [0.29, 0.717) is 6.54 Å². The van der Waals surface area contributed by atoms with Gasteiger partial charge < -0.3 is 14.6 Å². The number of fused-ring (bicyclic) bond motifs is 1. The van der Waals surface area contributed by atoms with Crippen LogP contribution in [0, 0.1) is 0 Å². The van der Waals surface area contributed by atoms with Gasteiger partial charge in [0.2, 0.25) is 5.91 Å². The van der Waals surface area contributed by atoms with Crippen molar-refractivity contribution in [1.82, 2.24) is 9.88 Å². The van der Waals surface area contributed by atoms with Crippen molar-refractivity contribution < 1.29 is 14.3 Å². The Morgan fingerprint density at radius 2 is 2.05 bits per heavy atom. The van der Waals surface area contributed by atoms with E-state index in [4.69, 9.17) is 0 Å². The van der Waals surface area contributed by atoms with E-state index >= 15 is 0 Å². The van der Waals surface area contributed by atoms with Crippen LogP contribution in [-0.4, -0.2) is 42.0 Å². The third-order valence-corrected chi connectivity index (χ3v) is 3.41. The fourth-order valence-electron chi connectivity index (χ4n) is 2.33. The molecule has 1 amide bonds. The van der Waals surface area contributed by atoms with Crippen LogP contribution >= 0.6 is 0 Å². The van der Waals surface area contributed by atoms with Gasteiger partial charge >= 0.3 is 5.97 Å². The van der Waals surface area contributed by atoms with Crippen molar-refractivity contribution in [3.63, 3.8) is 0 Å². The molecule has 0 aliphatic heterocycles. The fraction of sp³-hybridized carbons (Fsp3) is 0.375. The lowest BCUT2D eigenvalue weighted by molar-refractivity contribution is -0.146. The number of hydrogen-bond acceptors (Lipinski definition) is 3. The molecule has 2 rings (SSSR count). The summed E-state index contributed by atoms with van der Waals surface area (Å²) in [5.74, 6) is -0.456. The van der Waals surface area contributed by atoms with Crippen LogP contribution in [0.2, 0.25) is 0 Å². The summed E-state index contributed by atoms with van der Waals surface area (Å²) < 4.78 is 4.64. The summed E-state index contributed by atoms with van der Waals surface area (Å²) in [5, 5.41) is 1.04. The number of nitrogens with one attached hydrogen (secondary N) is 1. The normalized spacial score (nSPS) is 10.6. The molecule has 0 saturated carbocycles. The zero-order valence-electron chi connectivity index (χ0n) is 12.4. The van der Waals surface area contributed by atoms with Gasteiger partial charge in [0.05, 0.1) is 13.5 Å². The molecule has 0 spiro atoms. The van der Waals surface area contributed by atoms with Gasteiger partial charge in [0.25, 0.3) is 0 Å². The molecule has 2 aromatic rings. The van der Waals surface area contributed by atoms with Gasteiger partial charge in [0, 0.05) is 23.6 Å². The lowest BCUT2D eigenvalue weighted by Gasteiger charge is -2.20. The van der Waals surface area contributed by atoms with Crippen molar-refractivity contribution in [2.24, 2.45) is 0 Å². The second-order valence-electron chi connectivity index (χ2n) is 4.93. The SMILES string of the molecule is CCCN(CC(=O)OC)C(=O)Cc1c[nH]c2ccccc12. The minimum absolute atomic E-state index is 0.00548. The molecule has 1 N–H and O–H groups in total. The van der Waals surface area contributed by atoms with E-state index in [0.717, 1.165) is 22.9 Å². The summed E-state index contributed by atoms with van der Waals surface area (Å²) in [6.45, 7) is 2.53. The molecule has 0 fully saturated rings. The zero-order chi connectivity index (χ0) is 15.2. The second-order valence-corrected chi connectivity index (χ2v) is 4.93. The van der Waals surface area contributed by atoms with E-state index in [1.807, 2.05) is 37.4 Å². The average molecular weight is 288 g/mol. The first-order chi connectivity index (χ1) is 10.2. The van der Waals surface area contributed by atoms with Crippen molar-refractivity contribution >= 4 is 22.8 Å². The molecule has 0 aliphatic carbocycles. The molecule has 0 saturated heterocycles. The Kier molecular flexibility index (Phi) is 4.98. The van der Waals surface area contributed by atoms with E-state index in [-0.39, 0.29) is 18.9 Å². The number of carbonyl (C=O) groups excluding carboxylic acids is 2. The Bertz CT molecular complexity index is 633. The number of hydrogen-bond donors (Lipinski definition) is 1. The Labute approximate surface area is 123 Å². The Morgan fingerprint density at radius 1 is 1.29 bits per heavy atom. The predicted octanol–water partition coefficient (Wildman–Crippen LogP) is 2.12. The van der Waals surface area contributed by atoms with Crippen molar-refractivity contribution in [2.45, 2.75) is 19.8 Å². The van der Waals surface area contributed by atoms with Crippen LogP contribution in [0.3, 0.4) is 0 Å². The highest BCUT2D eigenvalue weighted by Gasteiger charge is 2.18. The van der Waals surface area contributed by atoms with Gasteiger partial charge in [-0.25, -0.2) is 0 Å². The number of aromatic nitrogens is 1. The Hall–Kier alpha value is -2.30. The predicted molar refractivity (Wildman–Crippen MR) is 80.9 cm³/mol. The zero-order valence-corrected chi connectivity index (χ0v) is 12.4. The molecular weight excluding hydrogens is 268 g/mol. The number of para-hydroxylation sites is 1. The highest BCUT2D eigenvalue weighted by molar-refractivity contribution is 5.90. The number of methoxy groups -OCH3 is 1. The monoisotopic (exact) mass is 288 g/mol. The molecule has 0 aliphatic rings. The Balaban J connectivity index is 2.12. The lowest BCUT2D eigenvalue weighted by Crippen LogP contribution is -2.37. The van der Waals surface area contributed by atoms with E-state index in [2.05, 4.69) is 9.72 Å². The quantitative estimate of drug-likeness (QED) is 0.828. The van der Waals surface area contributed by atoms with Gasteiger partial charge in [-0.15, -0.1) is 0 Å². The van der Waals surface area contributed by atoms with Gasteiger partial charge in [0.1, 0.15) is 6.54 Å². The maximum absolute atomic E-state index is 12.4. The lowest BCUT2D eigenvalue weighted by atomic mass is 10.1. The molecular formula is C16H20N2O3. The number of esters is 1. The van der Waals surface area contributed by atoms with Gasteiger partial charge in [-0.2, -0.15) is 0 Å². The largest absolute Gasteiger partial charge is 0.468 e. The van der Waals surface area contributed by atoms with Gasteiger partial charge in [-0.3, -0.25) is 9.59 Å². The number of amides is 1. The number of rotatable bonds is 6. The molecule has 0 bridgehead atoms. The topological polar surface area (TPSA) is 62.4 Å². The van der Waals surface area contributed by atoms with Crippen LogP contribution in [0.1, 0.15) is 18.9 Å². The standard InChI is InChI=1S/C16H20N2O3/c1-3-8-18(11-16(20)21-2)15(19)9-12-10-17-14-7-5-4-6-13(12)14/h4-7,10,17H,3,8-9,11H2,1-2H3. The van der Waals surface area contributed by atoms with Gasteiger partial charge in [-0.05, 0) is 18.1 Å². The highest BCUT2D eigenvalue weighted by Crippen LogP contribution is 2.18. The molecule has 5 heteroatoms. The summed E-state index contributed by atoms with van der Waals surface area (Å²) >= 11 is 0. The maximum atomic E-state index is 12.4. The van der Waals surface area contributed by atoms with Crippen LogP contribution < -0.4 is 0 Å². The number of carbonyl (C=O) groups is 2. The molecule has 5 nitrogen and oxygen atoms in total. The maximum Gasteiger partial charge on any atom is 0.325 e. The number of nitrogens with zero attached hydrogens (tertiary/aromatic N) is 1. The number of benzene rings is 1. The third-order valence-electron chi connectivity index (χ3n) is 3.41. The van der Waals surface area contributed by atoms with Crippen LogP contribution in [0.4, 0.5) is 0 Å². The van der Waals surface area contributed by atoms with Crippen molar-refractivity contribution in [3.8, 4) is 0 Å². The van der Waals surface area contributed by atoms with Gasteiger partial charge in [-0.1, -0.05) is 25.1 Å². The van der Waals surface area contributed by atoms with Crippen molar-refractivity contribution in [3.05, 3.63) is 36.0 Å². The molecule has 112 valence electrons. The molecule has 1 aromatic heterocycles. The first-order valence-electron chi connectivity index (χ1n) is 7.05. The summed E-state index contributed by atoms with van der Waals surface area (Å²) in [6, 6.07) is 7.86. The number of aromatic amines is 1. The second kappa shape index (κ2) is 6.92. The summed E-state index contributed by atoms with van der Waals surface area (Å²) in [7, 11) is 1.33. The number of ether oxygens (including phenoxy) is 1. The summed E-state index contributed by atoms with van der Waals surface area (Å²) in [5.41, 5.74) is 1.96. The smallest absolute Gasteiger partial charge is 0.325 e. The van der Waals surface area contributed by atoms with E-state index in [9.17, 15) is 9.59 Å². The van der Waals surface area contributed by atoms with E-state index in [1.54, 1.807) is 4.90 Å². The first kappa shape index (κ1) is 15.1. The van der Waals surface area contributed by atoms with Gasteiger partial charge in [0.15, 0.2) is 0 Å². The average Bonchev–Trinajstić information content (AvgIpc) is 2.90. The molecule has 0 radical (unpaired) electrons. The molecule has 1 aromatic carbocycles. The minimum atomic E-state index is -0.393. The molecule has 0 atom stereocenters. The van der Waals surface area contributed by atoms with Crippen LogP contribution in [-0.2, 0) is 20.7 Å². The minimum Gasteiger partial charge on any atom is -0.468 e. The summed E-state index contributed by atoms with van der Waals surface area (Å²) in [4.78, 5) is 28.5. The highest BCUT2D eigenvalue weighted by atomic mass is 16.5. The number of H-pyrrole nitrogens is 1. The van der Waals surface area contributed by atoms with Crippen molar-refractivity contribution in [2.75, 3.05) is 20.2 Å². The fourth-order valence-corrected chi connectivity index (χ4v) is 2.33. The van der Waals surface area contributed by atoms with Crippen LogP contribution in [0.25, 0.3) is 10.9 Å². The van der Waals surface area contributed by atoms with Crippen molar-refractivity contribution in [1.29, 1.82) is 0 Å². The summed E-state index contributed by atoms with van der Waals surface area (Å²) in [6.07, 6.45) is 2.93. The third kappa shape index (κ3) is 3.62. The Morgan fingerprint density at radius 3 is 2.76 bits per heavy atom. The van der Waals surface area contributed by atoms with E-state index < -0.39 is 5.97 Å². The molecule has 21 heavy (non-hydrogen) atoms. The first-order valence-corrected chi connectivity index (χ1v) is 7.05. The molecule has 0 unspecified atom stereocenters.